The molecule has 5 nitrogen and oxygen atoms in total. The van der Waals surface area contributed by atoms with E-state index in [1.54, 1.807) is 0 Å². The number of hydrogen-bond acceptors (Lipinski definition) is 3. The van der Waals surface area contributed by atoms with Gasteiger partial charge in [-0.05, 0) is 79.3 Å². The molecular weight excluding hydrogens is 416 g/mol. The van der Waals surface area contributed by atoms with Gasteiger partial charge in [-0.25, -0.2) is 0 Å². The third-order valence-electron chi connectivity index (χ3n) is 5.67. The van der Waals surface area contributed by atoms with Gasteiger partial charge in [0.05, 0.1) is 17.8 Å². The van der Waals surface area contributed by atoms with E-state index in [1.807, 2.05) is 80.0 Å². The minimum Gasteiger partial charge on any atom is -0.457 e. The van der Waals surface area contributed by atoms with Gasteiger partial charge in [0.25, 0.3) is 0 Å². The van der Waals surface area contributed by atoms with E-state index in [1.165, 1.54) is 11.1 Å². The zero-order chi connectivity index (χ0) is 22.1. The highest BCUT2D eigenvalue weighted by Gasteiger charge is 2.40. The molecule has 2 aromatic carbocycles. The van der Waals surface area contributed by atoms with Crippen LogP contribution in [-0.2, 0) is 7.05 Å². The second-order valence-corrected chi connectivity index (χ2v) is 8.40. The number of benzene rings is 2. The van der Waals surface area contributed by atoms with Gasteiger partial charge in [0.1, 0.15) is 11.5 Å². The number of thiocarbonyl (C=S) groups is 1. The number of anilines is 1. The Hall–Kier alpha value is -3.64. The van der Waals surface area contributed by atoms with E-state index in [-0.39, 0.29) is 12.1 Å². The lowest BCUT2D eigenvalue weighted by Crippen LogP contribution is -2.29. The summed E-state index contributed by atoms with van der Waals surface area (Å²) in [5, 5.41) is 4.17. The summed E-state index contributed by atoms with van der Waals surface area (Å²) in [5.74, 6) is 1.60. The maximum absolute atomic E-state index is 6.00. The molecule has 1 saturated heterocycles. The maximum Gasteiger partial charge on any atom is 0.174 e. The molecule has 2 atom stereocenters. The Labute approximate surface area is 193 Å². The summed E-state index contributed by atoms with van der Waals surface area (Å²) in [5.41, 5.74) is 4.35. The van der Waals surface area contributed by atoms with Crippen LogP contribution >= 0.6 is 12.2 Å². The van der Waals surface area contributed by atoms with Crippen molar-refractivity contribution in [3.8, 4) is 11.5 Å². The second kappa shape index (κ2) is 8.48. The third kappa shape index (κ3) is 3.97. The van der Waals surface area contributed by atoms with Gasteiger partial charge in [-0.1, -0.05) is 23.8 Å². The standard InChI is InChI=1S/C26H24N4OS/c1-18-6-10-21(11-7-18)31-22-12-8-20(9-13-22)30-25(19-14-16-29(2)17-19)24(28-26(30)32)23-5-3-4-15-27-23/h3-17,24-25H,1-2H3,(H,28,32). The molecule has 4 aromatic rings. The number of hydrogen-bond donors (Lipinski definition) is 1. The van der Waals surface area contributed by atoms with Crippen LogP contribution in [0.3, 0.4) is 0 Å². The molecule has 0 aliphatic carbocycles. The Morgan fingerprint density at radius 1 is 0.938 bits per heavy atom. The molecule has 32 heavy (non-hydrogen) atoms. The molecule has 0 saturated carbocycles. The lowest BCUT2D eigenvalue weighted by molar-refractivity contribution is 0.482. The van der Waals surface area contributed by atoms with E-state index in [4.69, 9.17) is 17.0 Å². The molecule has 1 N–H and O–H groups in total. The largest absolute Gasteiger partial charge is 0.457 e. The quantitative estimate of drug-likeness (QED) is 0.403. The highest BCUT2D eigenvalue weighted by atomic mass is 32.1. The Morgan fingerprint density at radius 3 is 2.28 bits per heavy atom. The molecule has 2 unspecified atom stereocenters. The van der Waals surface area contributed by atoms with Crippen molar-refractivity contribution in [3.05, 3.63) is 108 Å². The van der Waals surface area contributed by atoms with E-state index >= 15 is 0 Å². The Bertz CT molecular complexity index is 1220. The smallest absolute Gasteiger partial charge is 0.174 e. The molecule has 0 radical (unpaired) electrons. The maximum atomic E-state index is 6.00. The van der Waals surface area contributed by atoms with Gasteiger partial charge in [0.2, 0.25) is 0 Å². The lowest BCUT2D eigenvalue weighted by atomic mass is 9.98. The monoisotopic (exact) mass is 440 g/mol. The second-order valence-electron chi connectivity index (χ2n) is 8.02. The van der Waals surface area contributed by atoms with Crippen LogP contribution in [-0.4, -0.2) is 14.7 Å². The fraction of sp³-hybridized carbons (Fsp3) is 0.154. The fourth-order valence-corrected chi connectivity index (χ4v) is 4.43. The summed E-state index contributed by atoms with van der Waals surface area (Å²) in [6.07, 6.45) is 6.02. The topological polar surface area (TPSA) is 42.3 Å². The van der Waals surface area contributed by atoms with Crippen molar-refractivity contribution in [1.29, 1.82) is 0 Å². The Kier molecular flexibility index (Phi) is 5.37. The molecule has 0 bridgehead atoms. The normalized spacial score (nSPS) is 17.9. The molecule has 2 aromatic heterocycles. The molecule has 1 aliphatic rings. The zero-order valence-corrected chi connectivity index (χ0v) is 18.8. The first-order valence-corrected chi connectivity index (χ1v) is 11.0. The molecule has 0 spiro atoms. The van der Waals surface area contributed by atoms with E-state index in [9.17, 15) is 0 Å². The SMILES string of the molecule is Cc1ccc(Oc2ccc(N3C(=S)NC(c4ccccn4)C3c3ccn(C)c3)cc2)cc1. The molecule has 3 heterocycles. The van der Waals surface area contributed by atoms with Gasteiger partial charge in [0.15, 0.2) is 5.11 Å². The average Bonchev–Trinajstić information content (AvgIpc) is 3.39. The highest BCUT2D eigenvalue weighted by Crippen LogP contribution is 2.41. The summed E-state index contributed by atoms with van der Waals surface area (Å²) in [4.78, 5) is 6.76. The molecule has 6 heteroatoms. The summed E-state index contributed by atoms with van der Waals surface area (Å²) < 4.78 is 8.06. The van der Waals surface area contributed by atoms with Gasteiger partial charge < -0.3 is 19.5 Å². The highest BCUT2D eigenvalue weighted by molar-refractivity contribution is 7.80. The number of nitrogens with one attached hydrogen (secondary N) is 1. The number of ether oxygens (including phenoxy) is 1. The Morgan fingerprint density at radius 2 is 1.66 bits per heavy atom. The summed E-state index contributed by atoms with van der Waals surface area (Å²) >= 11 is 5.78. The third-order valence-corrected chi connectivity index (χ3v) is 5.98. The van der Waals surface area contributed by atoms with Crippen LogP contribution in [0.25, 0.3) is 0 Å². The number of pyridine rings is 1. The molecule has 1 aliphatic heterocycles. The van der Waals surface area contributed by atoms with Gasteiger partial charge in [-0.2, -0.15) is 0 Å². The van der Waals surface area contributed by atoms with Crippen molar-refractivity contribution in [2.45, 2.75) is 19.0 Å². The summed E-state index contributed by atoms with van der Waals surface area (Å²) in [7, 11) is 2.03. The van der Waals surface area contributed by atoms with Crippen molar-refractivity contribution in [2.24, 2.45) is 7.05 Å². The zero-order valence-electron chi connectivity index (χ0n) is 18.0. The minimum absolute atomic E-state index is 0.0116. The molecule has 160 valence electrons. The summed E-state index contributed by atoms with van der Waals surface area (Å²) in [6.45, 7) is 2.06. The number of nitrogens with zero attached hydrogens (tertiary/aromatic N) is 3. The number of rotatable bonds is 5. The van der Waals surface area contributed by atoms with Crippen molar-refractivity contribution in [2.75, 3.05) is 4.90 Å². The van der Waals surface area contributed by atoms with Crippen LogP contribution in [0.4, 0.5) is 5.69 Å². The average molecular weight is 441 g/mol. The molecular formula is C26H24N4OS. The van der Waals surface area contributed by atoms with Crippen LogP contribution in [0.1, 0.15) is 28.9 Å². The van der Waals surface area contributed by atoms with E-state index in [0.717, 1.165) is 22.9 Å². The lowest BCUT2D eigenvalue weighted by Gasteiger charge is -2.27. The van der Waals surface area contributed by atoms with Gasteiger partial charge >= 0.3 is 0 Å². The Balaban J connectivity index is 1.46. The van der Waals surface area contributed by atoms with Crippen molar-refractivity contribution >= 4 is 23.0 Å². The first-order chi connectivity index (χ1) is 15.6. The predicted octanol–water partition coefficient (Wildman–Crippen LogP) is 5.70. The number of aryl methyl sites for hydroxylation is 2. The van der Waals surface area contributed by atoms with Gasteiger partial charge in [0, 0.05) is 31.3 Å². The minimum atomic E-state index is -0.0467. The van der Waals surface area contributed by atoms with Gasteiger partial charge in [-0.3, -0.25) is 4.98 Å². The van der Waals surface area contributed by atoms with Crippen LogP contribution in [0.15, 0.2) is 91.4 Å². The van der Waals surface area contributed by atoms with E-state index < -0.39 is 0 Å². The van der Waals surface area contributed by atoms with E-state index in [2.05, 4.69) is 45.2 Å². The predicted molar refractivity (Wildman–Crippen MR) is 131 cm³/mol. The fourth-order valence-electron chi connectivity index (χ4n) is 4.09. The van der Waals surface area contributed by atoms with Crippen LogP contribution < -0.4 is 15.0 Å². The summed E-state index contributed by atoms with van der Waals surface area (Å²) in [6, 6.07) is 24.2. The molecule has 5 rings (SSSR count). The van der Waals surface area contributed by atoms with E-state index in [0.29, 0.717) is 5.11 Å². The van der Waals surface area contributed by atoms with Crippen LogP contribution in [0.2, 0.25) is 0 Å². The first kappa shape index (κ1) is 20.3. The molecule has 1 fully saturated rings. The van der Waals surface area contributed by atoms with Crippen LogP contribution in [0.5, 0.6) is 11.5 Å². The number of aromatic nitrogens is 2. The molecule has 0 amide bonds. The van der Waals surface area contributed by atoms with Crippen molar-refractivity contribution < 1.29 is 4.74 Å². The first-order valence-electron chi connectivity index (χ1n) is 10.6. The van der Waals surface area contributed by atoms with Gasteiger partial charge in [-0.15, -0.1) is 0 Å². The van der Waals surface area contributed by atoms with Crippen molar-refractivity contribution in [1.82, 2.24) is 14.9 Å². The van der Waals surface area contributed by atoms with Crippen molar-refractivity contribution in [3.63, 3.8) is 0 Å². The van der Waals surface area contributed by atoms with Crippen LogP contribution in [0, 0.1) is 6.92 Å².